The largest absolute Gasteiger partial charge is 0.379 e. The van der Waals surface area contributed by atoms with Crippen molar-refractivity contribution in [3.05, 3.63) is 74.9 Å². The smallest absolute Gasteiger partial charge is 0.240 e. The molecule has 49 heavy (non-hydrogen) atoms. The number of halogens is 1. The lowest BCUT2D eigenvalue weighted by atomic mass is 9.93. The van der Waals surface area contributed by atoms with Crippen molar-refractivity contribution in [1.29, 1.82) is 0 Å². The number of fused-ring (bicyclic) bond motifs is 2. The van der Waals surface area contributed by atoms with Crippen LogP contribution in [0.25, 0.3) is 11.3 Å². The Morgan fingerprint density at radius 1 is 0.980 bits per heavy atom. The van der Waals surface area contributed by atoms with Crippen LogP contribution in [-0.2, 0) is 56.8 Å². The molecular formula is C36H43ClN6O5S. The third-order valence-electron chi connectivity index (χ3n) is 9.89. The summed E-state index contributed by atoms with van der Waals surface area (Å²) in [7, 11) is -3.36. The molecule has 1 amide bonds. The second-order valence-corrected chi connectivity index (χ2v) is 15.5. The van der Waals surface area contributed by atoms with Gasteiger partial charge in [0.2, 0.25) is 15.9 Å². The van der Waals surface area contributed by atoms with Crippen molar-refractivity contribution in [2.45, 2.75) is 44.9 Å². The van der Waals surface area contributed by atoms with Crippen molar-refractivity contribution >= 4 is 27.5 Å². The molecule has 0 bridgehead atoms. The molecule has 2 saturated heterocycles. The number of nitrogens with one attached hydrogen (secondary N) is 1. The molecule has 3 aromatic rings. The molecule has 4 aliphatic heterocycles. The van der Waals surface area contributed by atoms with E-state index < -0.39 is 10.0 Å². The number of ether oxygens (including phenoxy) is 2. The molecule has 1 atom stereocenters. The van der Waals surface area contributed by atoms with Crippen molar-refractivity contribution in [3.8, 4) is 23.1 Å². The molecule has 1 N–H and O–H groups in total. The second kappa shape index (κ2) is 14.9. The number of benzene rings is 2. The van der Waals surface area contributed by atoms with Crippen molar-refractivity contribution in [2.24, 2.45) is 0 Å². The van der Waals surface area contributed by atoms with Crippen LogP contribution in [0.1, 0.15) is 39.9 Å². The highest BCUT2D eigenvalue weighted by Crippen LogP contribution is 2.33. The normalized spacial score (nSPS) is 20.3. The van der Waals surface area contributed by atoms with Crippen LogP contribution in [0.15, 0.2) is 36.4 Å². The summed E-state index contributed by atoms with van der Waals surface area (Å²) in [6, 6.07) is 11.7. The quantitative estimate of drug-likeness (QED) is 0.374. The predicted octanol–water partition coefficient (Wildman–Crippen LogP) is 2.52. The summed E-state index contributed by atoms with van der Waals surface area (Å²) in [4.78, 5) is 17.3. The SMILES string of the molecule is CS(=O)(=O)N1CCc2c(c(-c3ccc(Cl)c(C#Cc4ccc5c(c4)CNC(C(=O)N4CCOCC4)C5)c3)nn2CCCN2CCOCC2)C1. The third kappa shape index (κ3) is 7.89. The van der Waals surface area contributed by atoms with Gasteiger partial charge in [-0.05, 0) is 48.2 Å². The molecule has 4 aliphatic rings. The number of sulfonamides is 1. The predicted molar refractivity (Wildman–Crippen MR) is 188 cm³/mol. The summed E-state index contributed by atoms with van der Waals surface area (Å²) < 4.78 is 39.6. The number of hydrogen-bond donors (Lipinski definition) is 1. The molecule has 1 aromatic heterocycles. The van der Waals surface area contributed by atoms with E-state index in [1.807, 2.05) is 29.2 Å². The minimum atomic E-state index is -3.36. The van der Waals surface area contributed by atoms with E-state index in [0.29, 0.717) is 69.4 Å². The monoisotopic (exact) mass is 706 g/mol. The van der Waals surface area contributed by atoms with Crippen LogP contribution in [0.2, 0.25) is 5.02 Å². The minimum absolute atomic E-state index is 0.135. The third-order valence-corrected chi connectivity index (χ3v) is 11.5. The topological polar surface area (TPSA) is 109 Å². The van der Waals surface area contributed by atoms with E-state index in [0.717, 1.165) is 85.0 Å². The number of aromatic nitrogens is 2. The first-order valence-electron chi connectivity index (χ1n) is 17.1. The van der Waals surface area contributed by atoms with Crippen molar-refractivity contribution < 1.29 is 22.7 Å². The fourth-order valence-electron chi connectivity index (χ4n) is 7.11. The molecule has 1 unspecified atom stereocenters. The fraction of sp³-hybridized carbons (Fsp3) is 0.500. The number of hydrogen-bond acceptors (Lipinski definition) is 8. The summed E-state index contributed by atoms with van der Waals surface area (Å²) in [5.41, 5.74) is 7.51. The first-order valence-corrected chi connectivity index (χ1v) is 19.3. The van der Waals surface area contributed by atoms with Crippen molar-refractivity contribution in [2.75, 3.05) is 72.0 Å². The zero-order valence-electron chi connectivity index (χ0n) is 27.9. The van der Waals surface area contributed by atoms with E-state index in [9.17, 15) is 13.2 Å². The van der Waals surface area contributed by atoms with Crippen LogP contribution < -0.4 is 5.32 Å². The molecule has 260 valence electrons. The first-order chi connectivity index (χ1) is 23.7. The van der Waals surface area contributed by atoms with Crippen molar-refractivity contribution in [1.82, 2.24) is 29.2 Å². The molecule has 0 spiro atoms. The molecular weight excluding hydrogens is 664 g/mol. The van der Waals surface area contributed by atoms with Crippen molar-refractivity contribution in [3.63, 3.8) is 0 Å². The maximum Gasteiger partial charge on any atom is 0.240 e. The lowest BCUT2D eigenvalue weighted by molar-refractivity contribution is -0.137. The van der Waals surface area contributed by atoms with Gasteiger partial charge < -0.3 is 19.7 Å². The van der Waals surface area contributed by atoms with Gasteiger partial charge in [-0.1, -0.05) is 35.6 Å². The number of nitrogens with zero attached hydrogens (tertiary/aromatic N) is 5. The Kier molecular flexibility index (Phi) is 10.4. The van der Waals surface area contributed by atoms with Crippen LogP contribution in [0.5, 0.6) is 0 Å². The van der Waals surface area contributed by atoms with Crippen LogP contribution in [0.3, 0.4) is 0 Å². The molecule has 2 aromatic carbocycles. The van der Waals surface area contributed by atoms with Gasteiger partial charge in [0.05, 0.1) is 49.4 Å². The standard InChI is InChI=1S/C36H43ClN6O5S/c1-49(45,46)42-12-9-34-31(25-42)35(39-43(34)11-2-10-40-13-17-47-18-14-40)29-7-8-32(37)28(22-29)6-4-26-3-5-27-23-33(38-24-30(27)21-26)36(44)41-15-19-48-20-16-41/h3,5,7-8,21-22,33,38H,2,9-20,23-25H2,1H3. The van der Waals surface area contributed by atoms with E-state index in [4.69, 9.17) is 26.2 Å². The summed E-state index contributed by atoms with van der Waals surface area (Å²) in [6.45, 7) is 8.95. The zero-order valence-corrected chi connectivity index (χ0v) is 29.5. The Morgan fingerprint density at radius 3 is 2.53 bits per heavy atom. The Balaban J connectivity index is 1.10. The first kappa shape index (κ1) is 34.2. The molecule has 5 heterocycles. The number of morpholine rings is 2. The summed E-state index contributed by atoms with van der Waals surface area (Å²) >= 11 is 6.67. The molecule has 0 radical (unpaired) electrons. The highest BCUT2D eigenvalue weighted by atomic mass is 35.5. The number of carbonyl (C=O) groups is 1. The summed E-state index contributed by atoms with van der Waals surface area (Å²) in [6.07, 6.45) is 3.47. The molecule has 7 rings (SSSR count). The summed E-state index contributed by atoms with van der Waals surface area (Å²) in [5.74, 6) is 6.70. The summed E-state index contributed by atoms with van der Waals surface area (Å²) in [5, 5.41) is 9.02. The number of aryl methyl sites for hydroxylation is 1. The average molecular weight is 707 g/mol. The lowest BCUT2D eigenvalue weighted by Crippen LogP contribution is -2.52. The van der Waals surface area contributed by atoms with Crippen LogP contribution in [-0.4, -0.2) is 116 Å². The van der Waals surface area contributed by atoms with E-state index in [1.165, 1.54) is 10.6 Å². The Labute approximate surface area is 293 Å². The van der Waals surface area contributed by atoms with Gasteiger partial charge in [-0.15, -0.1) is 0 Å². The van der Waals surface area contributed by atoms with Gasteiger partial charge in [0, 0.05) is 93.3 Å². The molecule has 2 fully saturated rings. The van der Waals surface area contributed by atoms with E-state index in [2.05, 4.69) is 38.9 Å². The molecule has 13 heteroatoms. The Bertz CT molecular complexity index is 1870. The van der Waals surface area contributed by atoms with Gasteiger partial charge in [0.25, 0.3) is 0 Å². The van der Waals surface area contributed by atoms with Gasteiger partial charge in [0.1, 0.15) is 0 Å². The fourth-order valence-corrected chi connectivity index (χ4v) is 8.07. The highest BCUT2D eigenvalue weighted by Gasteiger charge is 2.31. The maximum absolute atomic E-state index is 13.0. The number of carbonyl (C=O) groups excluding carboxylic acids is 1. The lowest BCUT2D eigenvalue weighted by Gasteiger charge is -2.33. The zero-order chi connectivity index (χ0) is 34.0. The van der Waals surface area contributed by atoms with Gasteiger partial charge >= 0.3 is 0 Å². The van der Waals surface area contributed by atoms with Crippen LogP contribution >= 0.6 is 11.6 Å². The Morgan fingerprint density at radius 2 is 1.76 bits per heavy atom. The van der Waals surface area contributed by atoms with E-state index in [-0.39, 0.29) is 11.9 Å². The van der Waals surface area contributed by atoms with Gasteiger partial charge in [0.15, 0.2) is 0 Å². The second-order valence-electron chi connectivity index (χ2n) is 13.2. The molecule has 0 saturated carbocycles. The van der Waals surface area contributed by atoms with E-state index in [1.54, 1.807) is 0 Å². The number of amides is 1. The van der Waals surface area contributed by atoms with Gasteiger partial charge in [-0.2, -0.15) is 9.40 Å². The minimum Gasteiger partial charge on any atom is -0.379 e. The van der Waals surface area contributed by atoms with E-state index >= 15 is 0 Å². The van der Waals surface area contributed by atoms with Crippen LogP contribution in [0.4, 0.5) is 0 Å². The maximum atomic E-state index is 13.0. The number of rotatable bonds is 7. The average Bonchev–Trinajstić information content (AvgIpc) is 3.49. The van der Waals surface area contributed by atoms with Crippen LogP contribution in [0, 0.1) is 11.8 Å². The Hall–Kier alpha value is -3.28. The van der Waals surface area contributed by atoms with Gasteiger partial charge in [-0.25, -0.2) is 8.42 Å². The molecule has 0 aliphatic carbocycles. The molecule has 11 nitrogen and oxygen atoms in total. The van der Waals surface area contributed by atoms with Gasteiger partial charge in [-0.3, -0.25) is 14.4 Å². The highest BCUT2D eigenvalue weighted by molar-refractivity contribution is 7.88.